The Morgan fingerprint density at radius 2 is 1.61 bits per heavy atom. The molecule has 0 unspecified atom stereocenters. The molecule has 5 nitrogen and oxygen atoms in total. The smallest absolute Gasteiger partial charge is 0.142 e. The van der Waals surface area contributed by atoms with Crippen LogP contribution in [0.2, 0.25) is 0 Å². The van der Waals surface area contributed by atoms with E-state index in [-0.39, 0.29) is 0 Å². The molecular weight excluding hydrogens is 408 g/mol. The quantitative estimate of drug-likeness (QED) is 0.414. The molecule has 5 rings (SSSR count). The fraction of sp³-hybridized carbons (Fsp3) is 0.357. The van der Waals surface area contributed by atoms with Gasteiger partial charge in [0.25, 0.3) is 0 Å². The van der Waals surface area contributed by atoms with Crippen LogP contribution in [0.25, 0.3) is 21.8 Å². The zero-order chi connectivity index (χ0) is 22.6. The first-order valence-electron chi connectivity index (χ1n) is 12.1. The minimum absolute atomic E-state index is 0.713. The van der Waals surface area contributed by atoms with Gasteiger partial charge in [0.15, 0.2) is 0 Å². The second-order valence-electron chi connectivity index (χ2n) is 8.96. The summed E-state index contributed by atoms with van der Waals surface area (Å²) in [5.74, 6) is 0.926. The standard InChI is InChI=1S/C28H34N4O/c1-3-32-26-10-6-4-8-23(26)24-20-22(12-13-27(24)32)21-29-25-9-5-7-11-28(25)33-19-18-31-16-14-30(2)15-17-31/h4-13,20,29H,3,14-19,21H2,1-2H3. The topological polar surface area (TPSA) is 32.7 Å². The molecule has 0 bridgehead atoms. The van der Waals surface area contributed by atoms with Gasteiger partial charge in [-0.1, -0.05) is 36.4 Å². The summed E-state index contributed by atoms with van der Waals surface area (Å²) in [6, 6.07) is 23.8. The zero-order valence-electron chi connectivity index (χ0n) is 19.8. The molecule has 5 heteroatoms. The molecule has 0 aliphatic carbocycles. The zero-order valence-corrected chi connectivity index (χ0v) is 19.8. The van der Waals surface area contributed by atoms with E-state index >= 15 is 0 Å². The van der Waals surface area contributed by atoms with E-state index in [0.29, 0.717) is 6.61 Å². The van der Waals surface area contributed by atoms with E-state index in [4.69, 9.17) is 4.74 Å². The molecule has 0 amide bonds. The number of benzene rings is 3. The lowest BCUT2D eigenvalue weighted by atomic mass is 10.1. The monoisotopic (exact) mass is 442 g/mol. The van der Waals surface area contributed by atoms with Crippen molar-refractivity contribution >= 4 is 27.5 Å². The van der Waals surface area contributed by atoms with E-state index in [2.05, 4.69) is 94.3 Å². The molecule has 0 spiro atoms. The minimum Gasteiger partial charge on any atom is -0.490 e. The number of ether oxygens (including phenoxy) is 1. The lowest BCUT2D eigenvalue weighted by Crippen LogP contribution is -2.45. The Hall–Kier alpha value is -3.02. The van der Waals surface area contributed by atoms with E-state index in [9.17, 15) is 0 Å². The van der Waals surface area contributed by atoms with Crippen LogP contribution in [-0.2, 0) is 13.1 Å². The Morgan fingerprint density at radius 3 is 2.45 bits per heavy atom. The van der Waals surface area contributed by atoms with Crippen LogP contribution in [0.15, 0.2) is 66.7 Å². The van der Waals surface area contributed by atoms with E-state index in [0.717, 1.165) is 57.3 Å². The molecule has 0 radical (unpaired) electrons. The molecule has 3 aromatic carbocycles. The van der Waals surface area contributed by atoms with Crippen molar-refractivity contribution in [2.75, 3.05) is 51.7 Å². The van der Waals surface area contributed by atoms with Gasteiger partial charge in [-0.2, -0.15) is 0 Å². The summed E-state index contributed by atoms with van der Waals surface area (Å²) < 4.78 is 8.57. The molecule has 0 saturated carbocycles. The number of hydrogen-bond donors (Lipinski definition) is 1. The van der Waals surface area contributed by atoms with Crippen LogP contribution in [0.1, 0.15) is 12.5 Å². The Morgan fingerprint density at radius 1 is 0.848 bits per heavy atom. The first-order chi connectivity index (χ1) is 16.2. The van der Waals surface area contributed by atoms with Gasteiger partial charge in [-0.05, 0) is 49.9 Å². The molecule has 1 fully saturated rings. The van der Waals surface area contributed by atoms with Crippen molar-refractivity contribution in [3.63, 3.8) is 0 Å². The number of rotatable bonds is 8. The van der Waals surface area contributed by atoms with Crippen molar-refractivity contribution < 1.29 is 4.74 Å². The highest BCUT2D eigenvalue weighted by Gasteiger charge is 2.14. The fourth-order valence-electron chi connectivity index (χ4n) is 4.84. The number of nitrogens with zero attached hydrogens (tertiary/aromatic N) is 3. The van der Waals surface area contributed by atoms with Crippen LogP contribution in [0.3, 0.4) is 0 Å². The summed E-state index contributed by atoms with van der Waals surface area (Å²) in [4.78, 5) is 4.87. The number of piperazine rings is 1. The normalized spacial score (nSPS) is 15.3. The van der Waals surface area contributed by atoms with Gasteiger partial charge >= 0.3 is 0 Å². The van der Waals surface area contributed by atoms with Crippen molar-refractivity contribution in [1.29, 1.82) is 0 Å². The van der Waals surface area contributed by atoms with Crippen LogP contribution < -0.4 is 10.1 Å². The maximum atomic E-state index is 6.18. The number of likely N-dealkylation sites (N-methyl/N-ethyl adjacent to an activating group) is 1. The van der Waals surface area contributed by atoms with E-state index in [1.165, 1.54) is 27.4 Å². The van der Waals surface area contributed by atoms with E-state index in [1.807, 2.05) is 6.07 Å². The second kappa shape index (κ2) is 9.86. The molecule has 1 saturated heterocycles. The van der Waals surface area contributed by atoms with E-state index < -0.39 is 0 Å². The highest BCUT2D eigenvalue weighted by molar-refractivity contribution is 6.08. The van der Waals surface area contributed by atoms with Gasteiger partial charge in [0.05, 0.1) is 5.69 Å². The summed E-state index contributed by atoms with van der Waals surface area (Å²) in [6.07, 6.45) is 0. The Balaban J connectivity index is 1.26. The Bertz CT molecular complexity index is 1220. The highest BCUT2D eigenvalue weighted by atomic mass is 16.5. The van der Waals surface area contributed by atoms with Crippen LogP contribution in [0, 0.1) is 0 Å². The molecular formula is C28H34N4O. The SMILES string of the molecule is CCn1c2ccccc2c2cc(CNc3ccccc3OCCN3CCN(C)CC3)ccc21. The van der Waals surface area contributed by atoms with Gasteiger partial charge < -0.3 is 19.5 Å². The molecule has 1 aliphatic rings. The molecule has 4 aromatic rings. The van der Waals surface area contributed by atoms with Crippen molar-refractivity contribution in [1.82, 2.24) is 14.4 Å². The molecule has 1 aromatic heterocycles. The average molecular weight is 443 g/mol. The lowest BCUT2D eigenvalue weighted by molar-refractivity contribution is 0.134. The summed E-state index contributed by atoms with van der Waals surface area (Å²) in [5.41, 5.74) is 4.93. The number of fused-ring (bicyclic) bond motifs is 3. The third-order valence-electron chi connectivity index (χ3n) is 6.78. The third-order valence-corrected chi connectivity index (χ3v) is 6.78. The van der Waals surface area contributed by atoms with Gasteiger partial charge in [-0.3, -0.25) is 4.90 Å². The van der Waals surface area contributed by atoms with Crippen LogP contribution in [-0.4, -0.2) is 60.7 Å². The fourth-order valence-corrected chi connectivity index (χ4v) is 4.84. The number of hydrogen-bond acceptors (Lipinski definition) is 4. The predicted octanol–water partition coefficient (Wildman–Crippen LogP) is 5.05. The third kappa shape index (κ3) is 4.70. The van der Waals surface area contributed by atoms with Crippen LogP contribution >= 0.6 is 0 Å². The second-order valence-corrected chi connectivity index (χ2v) is 8.96. The summed E-state index contributed by atoms with van der Waals surface area (Å²) in [5, 5.41) is 6.25. The Labute approximate surface area is 196 Å². The maximum Gasteiger partial charge on any atom is 0.142 e. The predicted molar refractivity (Wildman–Crippen MR) is 138 cm³/mol. The van der Waals surface area contributed by atoms with Gasteiger partial charge in [0.1, 0.15) is 12.4 Å². The van der Waals surface area contributed by atoms with Crippen LogP contribution in [0.4, 0.5) is 5.69 Å². The molecule has 1 N–H and O–H groups in total. The number of aromatic nitrogens is 1. The molecule has 172 valence electrons. The van der Waals surface area contributed by atoms with Crippen molar-refractivity contribution in [3.8, 4) is 5.75 Å². The molecule has 0 atom stereocenters. The summed E-state index contributed by atoms with van der Waals surface area (Å²) >= 11 is 0. The van der Waals surface area contributed by atoms with Gasteiger partial charge in [-0.25, -0.2) is 0 Å². The first-order valence-corrected chi connectivity index (χ1v) is 12.1. The van der Waals surface area contributed by atoms with Gasteiger partial charge in [0, 0.05) is 67.6 Å². The molecule has 1 aliphatic heterocycles. The first kappa shape index (κ1) is 21.8. The van der Waals surface area contributed by atoms with Crippen molar-refractivity contribution in [2.24, 2.45) is 0 Å². The maximum absolute atomic E-state index is 6.18. The van der Waals surface area contributed by atoms with Crippen molar-refractivity contribution in [2.45, 2.75) is 20.0 Å². The number of para-hydroxylation sites is 3. The number of anilines is 1. The number of nitrogens with one attached hydrogen (secondary N) is 1. The lowest BCUT2D eigenvalue weighted by Gasteiger charge is -2.32. The Kier molecular flexibility index (Phi) is 6.51. The number of aryl methyl sites for hydroxylation is 1. The largest absolute Gasteiger partial charge is 0.490 e. The van der Waals surface area contributed by atoms with Crippen molar-refractivity contribution in [3.05, 3.63) is 72.3 Å². The highest BCUT2D eigenvalue weighted by Crippen LogP contribution is 2.30. The van der Waals surface area contributed by atoms with E-state index in [1.54, 1.807) is 0 Å². The van der Waals surface area contributed by atoms with Gasteiger partial charge in [-0.15, -0.1) is 0 Å². The minimum atomic E-state index is 0.713. The van der Waals surface area contributed by atoms with Crippen LogP contribution in [0.5, 0.6) is 5.75 Å². The molecule has 33 heavy (non-hydrogen) atoms. The average Bonchev–Trinajstić information content (AvgIpc) is 3.17. The van der Waals surface area contributed by atoms with Gasteiger partial charge in [0.2, 0.25) is 0 Å². The summed E-state index contributed by atoms with van der Waals surface area (Å²) in [7, 11) is 2.19. The summed E-state index contributed by atoms with van der Waals surface area (Å²) in [6.45, 7) is 10.2. The molecule has 2 heterocycles.